The second-order valence-electron chi connectivity index (χ2n) is 4.11. The smallest absolute Gasteiger partial charge is 0.238 e. The second-order valence-corrected chi connectivity index (χ2v) is 6.08. The number of nitrogens with two attached hydrogens (primary N) is 2. The Kier molecular flexibility index (Phi) is 5.30. The van der Waals surface area contributed by atoms with Crippen molar-refractivity contribution in [3.8, 4) is 0 Å². The summed E-state index contributed by atoms with van der Waals surface area (Å²) in [5.74, 6) is -0.331. The minimum atomic E-state index is -3.84. The molecule has 1 atom stereocenters. The lowest BCUT2D eigenvalue weighted by atomic mass is 10.1. The van der Waals surface area contributed by atoms with Crippen LogP contribution in [-0.4, -0.2) is 20.4 Å². The molecule has 0 heterocycles. The van der Waals surface area contributed by atoms with E-state index in [1.807, 2.05) is 6.92 Å². The van der Waals surface area contributed by atoms with Gasteiger partial charge in [0.1, 0.15) is 0 Å². The lowest BCUT2D eigenvalue weighted by Crippen LogP contribution is -2.26. The number of primary sulfonamides is 1. The van der Waals surface area contributed by atoms with Crippen molar-refractivity contribution in [2.24, 2.45) is 10.9 Å². The van der Waals surface area contributed by atoms with Gasteiger partial charge in [-0.1, -0.05) is 18.5 Å². The van der Waals surface area contributed by atoms with Gasteiger partial charge in [0.15, 0.2) is 0 Å². The number of hydrogen-bond acceptors (Lipinski definition) is 4. The first-order valence-electron chi connectivity index (χ1n) is 5.61. The summed E-state index contributed by atoms with van der Waals surface area (Å²) in [7, 11) is -3.84. The lowest BCUT2D eigenvalue weighted by Gasteiger charge is -2.11. The number of halogens is 1. The van der Waals surface area contributed by atoms with Crippen molar-refractivity contribution < 1.29 is 13.2 Å². The third-order valence-corrected chi connectivity index (χ3v) is 3.75. The van der Waals surface area contributed by atoms with Crippen molar-refractivity contribution in [3.63, 3.8) is 0 Å². The normalized spacial score (nSPS) is 13.1. The van der Waals surface area contributed by atoms with Crippen LogP contribution >= 0.6 is 11.6 Å². The highest BCUT2D eigenvalue weighted by atomic mass is 35.5. The molecular weight excluding hydrogens is 290 g/mol. The second kappa shape index (κ2) is 6.33. The molecule has 1 aromatic rings. The van der Waals surface area contributed by atoms with Gasteiger partial charge in [0.25, 0.3) is 0 Å². The maximum Gasteiger partial charge on any atom is 0.238 e. The number of nitrogens with one attached hydrogen (secondary N) is 1. The van der Waals surface area contributed by atoms with Crippen molar-refractivity contribution in [2.45, 2.75) is 30.7 Å². The predicted molar refractivity (Wildman–Crippen MR) is 74.3 cm³/mol. The van der Waals surface area contributed by atoms with Crippen LogP contribution in [0.3, 0.4) is 0 Å². The van der Waals surface area contributed by atoms with Crippen LogP contribution in [0.15, 0.2) is 23.1 Å². The van der Waals surface area contributed by atoms with Gasteiger partial charge < -0.3 is 11.1 Å². The molecule has 0 radical (unpaired) electrons. The van der Waals surface area contributed by atoms with Gasteiger partial charge >= 0.3 is 0 Å². The maximum atomic E-state index is 11.7. The molecule has 6 nitrogen and oxygen atoms in total. The first-order chi connectivity index (χ1) is 8.74. The van der Waals surface area contributed by atoms with Crippen LogP contribution in [0.4, 0.5) is 5.69 Å². The van der Waals surface area contributed by atoms with E-state index in [1.165, 1.54) is 18.2 Å². The summed E-state index contributed by atoms with van der Waals surface area (Å²) >= 11 is 5.88. The molecule has 1 rings (SSSR count). The number of anilines is 1. The molecule has 0 fully saturated rings. The molecule has 8 heteroatoms. The van der Waals surface area contributed by atoms with E-state index in [0.29, 0.717) is 6.42 Å². The van der Waals surface area contributed by atoms with E-state index in [9.17, 15) is 13.2 Å². The molecule has 1 amide bonds. The number of hydrogen-bond donors (Lipinski definition) is 3. The Morgan fingerprint density at radius 1 is 1.47 bits per heavy atom. The molecule has 1 unspecified atom stereocenters. The van der Waals surface area contributed by atoms with Crippen molar-refractivity contribution >= 4 is 33.2 Å². The zero-order valence-electron chi connectivity index (χ0n) is 10.4. The van der Waals surface area contributed by atoms with Gasteiger partial charge in [-0.2, -0.15) is 0 Å². The maximum absolute atomic E-state index is 11.7. The zero-order valence-corrected chi connectivity index (χ0v) is 12.0. The van der Waals surface area contributed by atoms with Gasteiger partial charge in [-0.05, 0) is 24.6 Å². The van der Waals surface area contributed by atoms with Crippen LogP contribution in [0, 0.1) is 0 Å². The highest BCUT2D eigenvalue weighted by Crippen LogP contribution is 2.25. The minimum Gasteiger partial charge on any atom is -0.327 e. The summed E-state index contributed by atoms with van der Waals surface area (Å²) in [6.07, 6.45) is 0.796. The van der Waals surface area contributed by atoms with Crippen LogP contribution in [0.2, 0.25) is 5.02 Å². The molecule has 0 saturated carbocycles. The number of sulfonamides is 1. The average molecular weight is 306 g/mol. The summed E-state index contributed by atoms with van der Waals surface area (Å²) in [4.78, 5) is 11.5. The van der Waals surface area contributed by atoms with E-state index in [2.05, 4.69) is 5.32 Å². The van der Waals surface area contributed by atoms with Crippen molar-refractivity contribution in [2.75, 3.05) is 5.32 Å². The Morgan fingerprint density at radius 3 is 2.63 bits per heavy atom. The number of rotatable bonds is 5. The fourth-order valence-corrected chi connectivity index (χ4v) is 2.07. The molecule has 0 aliphatic heterocycles. The van der Waals surface area contributed by atoms with Gasteiger partial charge in [-0.3, -0.25) is 4.79 Å². The van der Waals surface area contributed by atoms with Crippen LogP contribution < -0.4 is 16.2 Å². The number of amides is 1. The Balaban J connectivity index is 2.92. The molecular formula is C11H16ClN3O3S. The third kappa shape index (κ3) is 4.79. The molecule has 19 heavy (non-hydrogen) atoms. The van der Waals surface area contributed by atoms with E-state index in [0.717, 1.165) is 0 Å². The Hall–Kier alpha value is -1.15. The minimum absolute atomic E-state index is 0.119. The SMILES string of the molecule is CCC(N)CC(=O)Nc1cc(S(N)(=O)=O)ccc1Cl. The van der Waals surface area contributed by atoms with Crippen molar-refractivity contribution in [1.82, 2.24) is 0 Å². The van der Waals surface area contributed by atoms with Gasteiger partial charge in [0.05, 0.1) is 15.6 Å². The fourth-order valence-electron chi connectivity index (χ4n) is 1.36. The molecule has 0 spiro atoms. The van der Waals surface area contributed by atoms with E-state index in [4.69, 9.17) is 22.5 Å². The lowest BCUT2D eigenvalue weighted by molar-refractivity contribution is -0.116. The topological polar surface area (TPSA) is 115 Å². The highest BCUT2D eigenvalue weighted by Gasteiger charge is 2.13. The largest absolute Gasteiger partial charge is 0.327 e. The van der Waals surface area contributed by atoms with Gasteiger partial charge in [0.2, 0.25) is 15.9 Å². The first-order valence-corrected chi connectivity index (χ1v) is 7.54. The first kappa shape index (κ1) is 15.9. The summed E-state index contributed by atoms with van der Waals surface area (Å²) in [6, 6.07) is 3.59. The van der Waals surface area contributed by atoms with Crippen LogP contribution in [0.5, 0.6) is 0 Å². The van der Waals surface area contributed by atoms with E-state index >= 15 is 0 Å². The Bertz CT molecular complexity index is 575. The Labute approximate surface area is 117 Å². The summed E-state index contributed by atoms with van der Waals surface area (Å²) < 4.78 is 22.4. The molecule has 0 aliphatic carbocycles. The standard InChI is InChI=1S/C11H16ClN3O3S/c1-2-7(13)5-11(16)15-10-6-8(19(14,17)18)3-4-9(10)12/h3-4,6-7H,2,5,13H2,1H3,(H,15,16)(H2,14,17,18). The van der Waals surface area contributed by atoms with Gasteiger partial charge in [-0.25, -0.2) is 13.6 Å². The summed E-state index contributed by atoms with van der Waals surface area (Å²) in [5, 5.41) is 7.75. The van der Waals surface area contributed by atoms with E-state index < -0.39 is 10.0 Å². The van der Waals surface area contributed by atoms with Gasteiger partial charge in [-0.15, -0.1) is 0 Å². The molecule has 106 valence electrons. The monoisotopic (exact) mass is 305 g/mol. The van der Waals surface area contributed by atoms with Crippen molar-refractivity contribution in [1.29, 1.82) is 0 Å². The third-order valence-electron chi connectivity index (χ3n) is 2.51. The van der Waals surface area contributed by atoms with Gasteiger partial charge in [0, 0.05) is 12.5 Å². The van der Waals surface area contributed by atoms with Crippen LogP contribution in [0.1, 0.15) is 19.8 Å². The van der Waals surface area contributed by atoms with Crippen LogP contribution in [0.25, 0.3) is 0 Å². The number of benzene rings is 1. The Morgan fingerprint density at radius 2 is 2.11 bits per heavy atom. The molecule has 1 aromatic carbocycles. The quantitative estimate of drug-likeness (QED) is 0.754. The molecule has 0 aliphatic rings. The molecule has 0 saturated heterocycles. The van der Waals surface area contributed by atoms with E-state index in [1.54, 1.807) is 0 Å². The zero-order chi connectivity index (χ0) is 14.6. The van der Waals surface area contributed by atoms with Crippen molar-refractivity contribution in [3.05, 3.63) is 23.2 Å². The highest BCUT2D eigenvalue weighted by molar-refractivity contribution is 7.89. The number of carbonyl (C=O) groups is 1. The van der Waals surface area contributed by atoms with Crippen LogP contribution in [-0.2, 0) is 14.8 Å². The molecule has 0 bridgehead atoms. The number of carbonyl (C=O) groups excluding carboxylic acids is 1. The molecule has 0 aromatic heterocycles. The summed E-state index contributed by atoms with van der Waals surface area (Å²) in [5.41, 5.74) is 5.85. The predicted octanol–water partition coefficient (Wildman–Crippen LogP) is 1.05. The summed E-state index contributed by atoms with van der Waals surface area (Å²) in [6.45, 7) is 1.87. The van der Waals surface area contributed by atoms with E-state index in [-0.39, 0.29) is 34.0 Å². The average Bonchev–Trinajstić information content (AvgIpc) is 2.30. The molecule has 5 N–H and O–H groups in total. The fraction of sp³-hybridized carbons (Fsp3) is 0.364.